The predicted molar refractivity (Wildman–Crippen MR) is 139 cm³/mol. The summed E-state index contributed by atoms with van der Waals surface area (Å²) >= 11 is 5.37. The molecule has 3 unspecified atom stereocenters. The SMILES string of the molecule is O=C(NCc1ccccc1)C1N(CCCO)C(=O)[C@@H]2[C@H](C(=O)Nc3ccccc3)[C@H]3SC12CC3Br. The van der Waals surface area contributed by atoms with Crippen molar-refractivity contribution >= 4 is 51.1 Å². The molecule has 2 aromatic carbocycles. The van der Waals surface area contributed by atoms with E-state index in [4.69, 9.17) is 0 Å². The first-order valence-corrected chi connectivity index (χ1v) is 13.7. The lowest BCUT2D eigenvalue weighted by Crippen LogP contribution is -2.54. The number of nitrogens with zero attached hydrogens (tertiary/aromatic N) is 1. The fraction of sp³-hybridized carbons (Fsp3) is 0.423. The molecule has 7 nitrogen and oxygen atoms in total. The van der Waals surface area contributed by atoms with E-state index in [0.29, 0.717) is 25.1 Å². The van der Waals surface area contributed by atoms with Crippen LogP contribution in [0.15, 0.2) is 60.7 Å². The molecule has 5 rings (SSSR count). The van der Waals surface area contributed by atoms with E-state index in [2.05, 4.69) is 26.6 Å². The lowest BCUT2D eigenvalue weighted by atomic mass is 9.70. The van der Waals surface area contributed by atoms with E-state index in [-0.39, 0.29) is 41.0 Å². The van der Waals surface area contributed by atoms with Gasteiger partial charge >= 0.3 is 0 Å². The van der Waals surface area contributed by atoms with Crippen LogP contribution in [0, 0.1) is 11.8 Å². The Bertz CT molecular complexity index is 1100. The topological polar surface area (TPSA) is 98.7 Å². The van der Waals surface area contributed by atoms with Gasteiger partial charge in [0.1, 0.15) is 6.04 Å². The molecule has 3 aliphatic heterocycles. The highest BCUT2D eigenvalue weighted by atomic mass is 79.9. The molecule has 3 amide bonds. The molecule has 0 aromatic heterocycles. The van der Waals surface area contributed by atoms with Crippen molar-refractivity contribution in [3.8, 4) is 0 Å². The van der Waals surface area contributed by atoms with Gasteiger partial charge in [-0.1, -0.05) is 64.5 Å². The molecule has 184 valence electrons. The van der Waals surface area contributed by atoms with Crippen LogP contribution in [0.4, 0.5) is 5.69 Å². The van der Waals surface area contributed by atoms with Gasteiger partial charge in [0.15, 0.2) is 0 Å². The number of para-hydroxylation sites is 1. The van der Waals surface area contributed by atoms with E-state index in [1.807, 2.05) is 60.7 Å². The maximum absolute atomic E-state index is 13.8. The van der Waals surface area contributed by atoms with Crippen LogP contribution in [0.1, 0.15) is 18.4 Å². The van der Waals surface area contributed by atoms with Gasteiger partial charge in [0, 0.05) is 35.5 Å². The Morgan fingerprint density at radius 1 is 1.09 bits per heavy atom. The highest BCUT2D eigenvalue weighted by Gasteiger charge is 2.75. The number of alkyl halides is 1. The highest BCUT2D eigenvalue weighted by Crippen LogP contribution is 2.67. The number of halogens is 1. The molecule has 0 radical (unpaired) electrons. The number of rotatable bonds is 8. The number of aliphatic hydroxyl groups is 1. The zero-order valence-electron chi connectivity index (χ0n) is 19.1. The van der Waals surface area contributed by atoms with Crippen LogP contribution in [0.3, 0.4) is 0 Å². The van der Waals surface area contributed by atoms with Crippen LogP contribution in [-0.4, -0.2) is 61.7 Å². The monoisotopic (exact) mass is 557 g/mol. The van der Waals surface area contributed by atoms with E-state index in [1.165, 1.54) is 0 Å². The summed E-state index contributed by atoms with van der Waals surface area (Å²) in [5.41, 5.74) is 1.66. The Balaban J connectivity index is 1.44. The van der Waals surface area contributed by atoms with Crippen LogP contribution in [-0.2, 0) is 20.9 Å². The van der Waals surface area contributed by atoms with E-state index in [9.17, 15) is 19.5 Å². The number of fused-ring (bicyclic) bond motifs is 1. The van der Waals surface area contributed by atoms with Crippen LogP contribution >= 0.6 is 27.7 Å². The predicted octanol–water partition coefficient (Wildman–Crippen LogP) is 2.79. The number of benzene rings is 2. The largest absolute Gasteiger partial charge is 0.396 e. The van der Waals surface area contributed by atoms with E-state index in [0.717, 1.165) is 5.56 Å². The molecule has 0 saturated carbocycles. The van der Waals surface area contributed by atoms with Gasteiger partial charge in [-0.05, 0) is 30.5 Å². The van der Waals surface area contributed by atoms with Crippen LogP contribution in [0.2, 0.25) is 0 Å². The van der Waals surface area contributed by atoms with Gasteiger partial charge in [0.25, 0.3) is 0 Å². The maximum atomic E-state index is 13.8. The Hall–Kier alpha value is -2.36. The molecule has 1 spiro atoms. The van der Waals surface area contributed by atoms with Crippen molar-refractivity contribution in [1.82, 2.24) is 10.2 Å². The Labute approximate surface area is 217 Å². The van der Waals surface area contributed by atoms with Gasteiger partial charge in [0.05, 0.1) is 16.6 Å². The van der Waals surface area contributed by atoms with Crippen molar-refractivity contribution in [2.75, 3.05) is 18.5 Å². The number of anilines is 1. The number of likely N-dealkylation sites (tertiary alicyclic amines) is 1. The van der Waals surface area contributed by atoms with Crippen molar-refractivity contribution in [2.24, 2.45) is 11.8 Å². The lowest BCUT2D eigenvalue weighted by Gasteiger charge is -2.35. The molecule has 2 aromatic rings. The molecular weight excluding hydrogens is 530 g/mol. The van der Waals surface area contributed by atoms with Crippen LogP contribution in [0.25, 0.3) is 0 Å². The quantitative estimate of drug-likeness (QED) is 0.433. The average Bonchev–Trinajstić information content (AvgIpc) is 3.46. The third-order valence-corrected chi connectivity index (χ3v) is 10.5. The molecule has 3 saturated heterocycles. The standard InChI is InChI=1S/C26H28BrN3O4S/c27-18-14-26-20(19(21(18)35-26)23(32)29-17-10-5-2-6-11-17)25(34)30(12-7-13-31)22(26)24(33)28-15-16-8-3-1-4-9-16/h1-6,8-11,18-22,31H,7,12-15H2,(H,28,33)(H,29,32)/t18?,19-,20-,21-,22?,26?/m0/s1. The molecule has 9 heteroatoms. The van der Waals surface area contributed by atoms with E-state index >= 15 is 0 Å². The second-order valence-corrected chi connectivity index (χ2v) is 12.0. The molecule has 3 N–H and O–H groups in total. The summed E-state index contributed by atoms with van der Waals surface area (Å²) < 4.78 is -0.690. The molecule has 3 fully saturated rings. The molecule has 6 atom stereocenters. The maximum Gasteiger partial charge on any atom is 0.244 e. The Morgan fingerprint density at radius 3 is 2.46 bits per heavy atom. The van der Waals surface area contributed by atoms with Crippen LogP contribution in [0.5, 0.6) is 0 Å². The molecular formula is C26H28BrN3O4S. The molecule has 3 aliphatic rings. The Kier molecular flexibility index (Phi) is 6.92. The van der Waals surface area contributed by atoms with Crippen molar-refractivity contribution in [3.63, 3.8) is 0 Å². The normalized spacial score (nSPS) is 30.9. The van der Waals surface area contributed by atoms with Gasteiger partial charge in [-0.2, -0.15) is 0 Å². The highest BCUT2D eigenvalue weighted by molar-refractivity contribution is 9.09. The first-order valence-electron chi connectivity index (χ1n) is 11.9. The molecule has 0 aliphatic carbocycles. The summed E-state index contributed by atoms with van der Waals surface area (Å²) in [5, 5.41) is 15.4. The zero-order chi connectivity index (χ0) is 24.6. The van der Waals surface area contributed by atoms with Gasteiger partial charge in [0.2, 0.25) is 17.7 Å². The second kappa shape index (κ2) is 9.95. The minimum absolute atomic E-state index is 0.0188. The van der Waals surface area contributed by atoms with E-state index in [1.54, 1.807) is 16.7 Å². The first-order chi connectivity index (χ1) is 17.0. The van der Waals surface area contributed by atoms with Gasteiger partial charge in [-0.15, -0.1) is 11.8 Å². The van der Waals surface area contributed by atoms with Gasteiger partial charge < -0.3 is 20.6 Å². The number of amides is 3. The number of aliphatic hydroxyl groups excluding tert-OH is 1. The van der Waals surface area contributed by atoms with Gasteiger partial charge in [-0.25, -0.2) is 0 Å². The number of thioether (sulfide) groups is 1. The lowest BCUT2D eigenvalue weighted by molar-refractivity contribution is -0.139. The number of nitrogens with one attached hydrogen (secondary N) is 2. The molecule has 35 heavy (non-hydrogen) atoms. The zero-order valence-corrected chi connectivity index (χ0v) is 21.5. The first kappa shape index (κ1) is 24.3. The fourth-order valence-corrected chi connectivity index (χ4v) is 9.45. The van der Waals surface area contributed by atoms with Crippen molar-refractivity contribution < 1.29 is 19.5 Å². The molecule has 2 bridgehead atoms. The van der Waals surface area contributed by atoms with Gasteiger partial charge in [-0.3, -0.25) is 14.4 Å². The minimum Gasteiger partial charge on any atom is -0.396 e. The summed E-state index contributed by atoms with van der Waals surface area (Å²) in [7, 11) is 0. The van der Waals surface area contributed by atoms with Crippen molar-refractivity contribution in [1.29, 1.82) is 0 Å². The minimum atomic E-state index is -0.695. The van der Waals surface area contributed by atoms with E-state index < -0.39 is 22.6 Å². The third kappa shape index (κ3) is 4.27. The fourth-order valence-electron chi connectivity index (χ4n) is 5.84. The number of hydrogen-bond acceptors (Lipinski definition) is 5. The smallest absolute Gasteiger partial charge is 0.244 e. The summed E-state index contributed by atoms with van der Waals surface area (Å²) in [5.74, 6) is -1.69. The summed E-state index contributed by atoms with van der Waals surface area (Å²) in [6.45, 7) is 0.569. The van der Waals surface area contributed by atoms with Crippen molar-refractivity contribution in [2.45, 2.75) is 40.3 Å². The summed E-state index contributed by atoms with van der Waals surface area (Å²) in [4.78, 5) is 42.6. The second-order valence-electron chi connectivity index (χ2n) is 9.33. The summed E-state index contributed by atoms with van der Waals surface area (Å²) in [6.07, 6.45) is 1.01. The Morgan fingerprint density at radius 2 is 1.77 bits per heavy atom. The van der Waals surface area contributed by atoms with Crippen molar-refractivity contribution in [3.05, 3.63) is 66.2 Å². The molecule has 3 heterocycles. The van der Waals surface area contributed by atoms with Crippen LogP contribution < -0.4 is 10.6 Å². The third-order valence-electron chi connectivity index (χ3n) is 7.25. The number of carbonyl (C=O) groups is 3. The number of carbonyl (C=O) groups excluding carboxylic acids is 3. The summed E-state index contributed by atoms with van der Waals surface area (Å²) in [6, 6.07) is 18.2. The number of hydrogen-bond donors (Lipinski definition) is 3. The average molecular weight is 558 g/mol.